The highest BCUT2D eigenvalue weighted by molar-refractivity contribution is 9.10. The topological polar surface area (TPSA) is 75.8 Å². The number of benzene rings is 2. The van der Waals surface area contributed by atoms with Crippen molar-refractivity contribution in [1.82, 2.24) is 4.90 Å². The largest absolute Gasteiger partial charge is 0.461 e. The average molecular weight is 499 g/mol. The molecule has 0 fully saturated rings. The molecule has 5 nitrogen and oxygen atoms in total. The minimum atomic E-state index is -1.32. The number of carbonyl (C=O) groups is 1. The van der Waals surface area contributed by atoms with Crippen LogP contribution >= 0.6 is 15.9 Å². The first-order valence-corrected chi connectivity index (χ1v) is 11.1. The third kappa shape index (κ3) is 9.47. The monoisotopic (exact) mass is 498 g/mol. The van der Waals surface area contributed by atoms with Crippen LogP contribution < -0.4 is 5.73 Å². The van der Waals surface area contributed by atoms with Gasteiger partial charge in [-0.05, 0) is 81.5 Å². The maximum atomic E-state index is 13.4. The van der Waals surface area contributed by atoms with E-state index in [-0.39, 0.29) is 18.4 Å². The van der Waals surface area contributed by atoms with E-state index in [2.05, 4.69) is 21.7 Å². The second-order valence-corrected chi connectivity index (χ2v) is 7.77. The summed E-state index contributed by atoms with van der Waals surface area (Å²) in [7, 11) is 5.45. The molecule has 2 rings (SSSR count). The molecule has 3 N–H and O–H groups in total. The van der Waals surface area contributed by atoms with Gasteiger partial charge in [0.05, 0.1) is 0 Å². The summed E-state index contributed by atoms with van der Waals surface area (Å²) in [4.78, 5) is 13.3. The van der Waals surface area contributed by atoms with Crippen molar-refractivity contribution in [3.8, 4) is 0 Å². The molecule has 2 aromatic rings. The zero-order valence-electron chi connectivity index (χ0n) is 19.4. The molecule has 0 bridgehead atoms. The zero-order valence-corrected chi connectivity index (χ0v) is 21.0. The molecule has 1 atom stereocenters. The van der Waals surface area contributed by atoms with Gasteiger partial charge >= 0.3 is 5.97 Å². The Kier molecular flexibility index (Phi) is 14.2. The molecule has 0 unspecified atom stereocenters. The lowest BCUT2D eigenvalue weighted by atomic mass is 9.80. The minimum Gasteiger partial charge on any atom is -0.461 e. The van der Waals surface area contributed by atoms with Gasteiger partial charge in [0.2, 0.25) is 0 Å². The van der Waals surface area contributed by atoms with Crippen LogP contribution in [0.5, 0.6) is 0 Å². The molecule has 2 aromatic carbocycles. The number of aliphatic hydroxyl groups is 1. The molecular formula is C24H36BrFN2O3. The molecule has 0 amide bonds. The van der Waals surface area contributed by atoms with E-state index in [4.69, 9.17) is 4.74 Å². The first-order valence-electron chi connectivity index (χ1n) is 10.4. The van der Waals surface area contributed by atoms with Gasteiger partial charge in [-0.15, -0.1) is 0 Å². The molecule has 0 saturated heterocycles. The molecule has 0 heterocycles. The van der Waals surface area contributed by atoms with E-state index in [0.717, 1.165) is 17.4 Å². The van der Waals surface area contributed by atoms with Crippen LogP contribution in [0.3, 0.4) is 0 Å². The summed E-state index contributed by atoms with van der Waals surface area (Å²) < 4.78 is 19.4. The predicted octanol–water partition coefficient (Wildman–Crippen LogP) is 4.83. The van der Waals surface area contributed by atoms with Gasteiger partial charge in [0.25, 0.3) is 0 Å². The summed E-state index contributed by atoms with van der Waals surface area (Å²) in [5.41, 5.74) is 5.14. The third-order valence-corrected chi connectivity index (χ3v) is 4.90. The maximum Gasteiger partial charge on any atom is 0.302 e. The van der Waals surface area contributed by atoms with Crippen LogP contribution in [0.2, 0.25) is 0 Å². The normalized spacial score (nSPS) is 12.1. The standard InChI is InChI=1S/C21H25BrFNO3.C2H6.CH5N/c1-15(25)27-14-16-13-18(22)7-10-20(16)21(26,11-4-12-24(2)3)17-5-8-19(23)9-6-17;2*1-2/h5-10,13,26H,4,11-12,14H2,1-3H3;1-2H3;2H2,1H3/t21-;;/m0../s1. The molecule has 0 aliphatic rings. The van der Waals surface area contributed by atoms with Crippen LogP contribution in [0.4, 0.5) is 4.39 Å². The molecule has 0 aromatic heterocycles. The fraction of sp³-hybridized carbons (Fsp3) is 0.458. The minimum absolute atomic E-state index is 0.0568. The fourth-order valence-electron chi connectivity index (χ4n) is 3.08. The highest BCUT2D eigenvalue weighted by Gasteiger charge is 2.33. The number of carbonyl (C=O) groups excluding carboxylic acids is 1. The Morgan fingerprint density at radius 2 is 1.74 bits per heavy atom. The molecule has 31 heavy (non-hydrogen) atoms. The summed E-state index contributed by atoms with van der Waals surface area (Å²) in [6.45, 7) is 6.21. The van der Waals surface area contributed by atoms with E-state index in [1.807, 2.05) is 51.0 Å². The summed E-state index contributed by atoms with van der Waals surface area (Å²) in [6.07, 6.45) is 1.19. The summed E-state index contributed by atoms with van der Waals surface area (Å²) in [5.74, 6) is -0.746. The summed E-state index contributed by atoms with van der Waals surface area (Å²) in [5, 5.41) is 11.7. The quantitative estimate of drug-likeness (QED) is 0.509. The Labute approximate surface area is 194 Å². The Hall–Kier alpha value is -1.80. The molecule has 0 radical (unpaired) electrons. The molecule has 0 saturated carbocycles. The number of ether oxygens (including phenoxy) is 1. The Morgan fingerprint density at radius 1 is 1.16 bits per heavy atom. The van der Waals surface area contributed by atoms with Gasteiger partial charge in [0, 0.05) is 11.4 Å². The van der Waals surface area contributed by atoms with Crippen molar-refractivity contribution in [1.29, 1.82) is 0 Å². The second-order valence-electron chi connectivity index (χ2n) is 6.86. The third-order valence-electron chi connectivity index (χ3n) is 4.41. The van der Waals surface area contributed by atoms with Gasteiger partial charge in [-0.2, -0.15) is 0 Å². The van der Waals surface area contributed by atoms with Crippen molar-refractivity contribution >= 4 is 21.9 Å². The van der Waals surface area contributed by atoms with E-state index >= 15 is 0 Å². The molecule has 0 spiro atoms. The Balaban J connectivity index is 0.00000212. The van der Waals surface area contributed by atoms with Gasteiger partial charge in [-0.1, -0.05) is 48.0 Å². The summed E-state index contributed by atoms with van der Waals surface area (Å²) >= 11 is 3.43. The van der Waals surface area contributed by atoms with Crippen LogP contribution in [-0.4, -0.2) is 43.7 Å². The lowest BCUT2D eigenvalue weighted by molar-refractivity contribution is -0.142. The Bertz CT molecular complexity index is 785. The Morgan fingerprint density at radius 3 is 2.26 bits per heavy atom. The first kappa shape index (κ1) is 29.2. The molecule has 0 aliphatic carbocycles. The van der Waals surface area contributed by atoms with Crippen LogP contribution in [-0.2, 0) is 21.7 Å². The number of rotatable bonds is 8. The van der Waals surface area contributed by atoms with Gasteiger partial charge in [0.15, 0.2) is 0 Å². The van der Waals surface area contributed by atoms with E-state index in [9.17, 15) is 14.3 Å². The van der Waals surface area contributed by atoms with Gasteiger partial charge in [0.1, 0.15) is 18.0 Å². The van der Waals surface area contributed by atoms with Gasteiger partial charge in [-0.25, -0.2) is 4.39 Å². The first-order chi connectivity index (χ1) is 14.7. The van der Waals surface area contributed by atoms with Crippen LogP contribution in [0.25, 0.3) is 0 Å². The highest BCUT2D eigenvalue weighted by atomic mass is 79.9. The van der Waals surface area contributed by atoms with E-state index in [0.29, 0.717) is 23.1 Å². The van der Waals surface area contributed by atoms with Crippen molar-refractivity contribution in [2.45, 2.75) is 45.8 Å². The molecule has 174 valence electrons. The average Bonchev–Trinajstić information content (AvgIpc) is 2.75. The number of hydrogen-bond donors (Lipinski definition) is 2. The molecule has 7 heteroatoms. The molecule has 0 aliphatic heterocycles. The molecular weight excluding hydrogens is 463 g/mol. The maximum absolute atomic E-state index is 13.4. The van der Waals surface area contributed by atoms with Crippen LogP contribution in [0, 0.1) is 5.82 Å². The number of halogens is 2. The van der Waals surface area contributed by atoms with Crippen molar-refractivity contribution < 1.29 is 19.0 Å². The fourth-order valence-corrected chi connectivity index (χ4v) is 3.48. The smallest absolute Gasteiger partial charge is 0.302 e. The lowest BCUT2D eigenvalue weighted by Gasteiger charge is -2.32. The highest BCUT2D eigenvalue weighted by Crippen LogP contribution is 2.37. The SMILES string of the molecule is CC.CC(=O)OCc1cc(Br)ccc1[C@](O)(CCCN(C)C)c1ccc(F)cc1.CN. The van der Waals surface area contributed by atoms with Crippen molar-refractivity contribution in [3.63, 3.8) is 0 Å². The lowest BCUT2D eigenvalue weighted by Crippen LogP contribution is -2.30. The van der Waals surface area contributed by atoms with Crippen LogP contribution in [0.1, 0.15) is 50.3 Å². The van der Waals surface area contributed by atoms with Gasteiger partial charge in [-0.3, -0.25) is 4.79 Å². The number of hydrogen-bond acceptors (Lipinski definition) is 5. The van der Waals surface area contributed by atoms with Crippen LogP contribution in [0.15, 0.2) is 46.9 Å². The zero-order chi connectivity index (χ0) is 24.0. The predicted molar refractivity (Wildman–Crippen MR) is 128 cm³/mol. The number of nitrogens with zero attached hydrogens (tertiary/aromatic N) is 1. The van der Waals surface area contributed by atoms with Crippen molar-refractivity contribution in [2.24, 2.45) is 5.73 Å². The van der Waals surface area contributed by atoms with Gasteiger partial charge < -0.3 is 20.5 Å². The summed E-state index contributed by atoms with van der Waals surface area (Å²) in [6, 6.07) is 11.4. The van der Waals surface area contributed by atoms with E-state index < -0.39 is 5.60 Å². The second kappa shape index (κ2) is 15.1. The number of nitrogens with two attached hydrogens (primary N) is 1. The van der Waals surface area contributed by atoms with E-state index in [1.165, 1.54) is 26.1 Å². The van der Waals surface area contributed by atoms with E-state index in [1.54, 1.807) is 12.1 Å². The van der Waals surface area contributed by atoms with Crippen molar-refractivity contribution in [2.75, 3.05) is 27.7 Å². The number of esters is 1. The van der Waals surface area contributed by atoms with Crippen molar-refractivity contribution in [3.05, 3.63) is 69.4 Å².